The molecule has 0 atom stereocenters. The Bertz CT molecular complexity index is 667. The van der Waals surface area contributed by atoms with Crippen LogP contribution in [0.25, 0.3) is 0 Å². The summed E-state index contributed by atoms with van der Waals surface area (Å²) in [4.78, 5) is 17.5. The van der Waals surface area contributed by atoms with Crippen LogP contribution in [0.5, 0.6) is 0 Å². The van der Waals surface area contributed by atoms with E-state index in [1.54, 1.807) is 18.4 Å². The highest BCUT2D eigenvalue weighted by Gasteiger charge is 2.05. The first kappa shape index (κ1) is 18.0. The monoisotopic (exact) mass is 344 g/mol. The van der Waals surface area contributed by atoms with Gasteiger partial charge in [-0.15, -0.1) is 11.3 Å². The van der Waals surface area contributed by atoms with E-state index in [0.717, 1.165) is 24.5 Å². The summed E-state index contributed by atoms with van der Waals surface area (Å²) in [6.07, 6.45) is 0.977. The topological polar surface area (TPSA) is 65.5 Å². The summed E-state index contributed by atoms with van der Waals surface area (Å²) in [7, 11) is 1.76. The Kier molecular flexibility index (Phi) is 7.29. The van der Waals surface area contributed by atoms with Crippen LogP contribution in [-0.2, 0) is 13.0 Å². The standard InChI is InChI=1S/C18H24N4OS/c1-3-20-17(23)15-7-4-6-14(12-15)13-22-18(19-2)21-10-9-16-8-5-11-24-16/h4-8,11-12H,3,9-10,13H2,1-2H3,(H,20,23)(H2,19,21,22). The van der Waals surface area contributed by atoms with Gasteiger partial charge in [0.15, 0.2) is 5.96 Å². The number of rotatable bonds is 7. The number of benzene rings is 1. The van der Waals surface area contributed by atoms with E-state index >= 15 is 0 Å². The molecule has 0 fully saturated rings. The number of carbonyl (C=O) groups excluding carboxylic acids is 1. The molecule has 0 saturated carbocycles. The maximum Gasteiger partial charge on any atom is 0.251 e. The molecule has 0 bridgehead atoms. The average molecular weight is 344 g/mol. The van der Waals surface area contributed by atoms with Crippen molar-refractivity contribution < 1.29 is 4.79 Å². The SMILES string of the molecule is CCNC(=O)c1cccc(CNC(=NC)NCCc2cccs2)c1. The van der Waals surface area contributed by atoms with Gasteiger partial charge in [0.2, 0.25) is 0 Å². The Morgan fingerprint density at radius 2 is 2.04 bits per heavy atom. The molecule has 0 spiro atoms. The predicted octanol–water partition coefficient (Wildman–Crippen LogP) is 2.41. The molecule has 1 heterocycles. The van der Waals surface area contributed by atoms with Crippen LogP contribution in [0, 0.1) is 0 Å². The molecule has 2 rings (SSSR count). The van der Waals surface area contributed by atoms with E-state index in [2.05, 4.69) is 38.5 Å². The van der Waals surface area contributed by atoms with Crippen LogP contribution >= 0.6 is 11.3 Å². The minimum absolute atomic E-state index is 0.0437. The molecular weight excluding hydrogens is 320 g/mol. The Labute approximate surface area is 147 Å². The largest absolute Gasteiger partial charge is 0.356 e. The highest BCUT2D eigenvalue weighted by Crippen LogP contribution is 2.08. The van der Waals surface area contributed by atoms with Crippen molar-refractivity contribution in [2.45, 2.75) is 19.9 Å². The molecule has 6 heteroatoms. The zero-order chi connectivity index (χ0) is 17.2. The van der Waals surface area contributed by atoms with E-state index in [-0.39, 0.29) is 5.91 Å². The number of hydrogen-bond donors (Lipinski definition) is 3. The minimum Gasteiger partial charge on any atom is -0.356 e. The molecule has 2 aromatic rings. The van der Waals surface area contributed by atoms with Gasteiger partial charge in [0.25, 0.3) is 5.91 Å². The summed E-state index contributed by atoms with van der Waals surface area (Å²) >= 11 is 1.76. The number of nitrogens with one attached hydrogen (secondary N) is 3. The summed E-state index contributed by atoms with van der Waals surface area (Å²) in [5.74, 6) is 0.716. The molecule has 128 valence electrons. The molecule has 5 nitrogen and oxygen atoms in total. The molecular formula is C18H24N4OS. The van der Waals surface area contributed by atoms with E-state index in [1.807, 2.05) is 31.2 Å². The van der Waals surface area contributed by atoms with Crippen LogP contribution in [-0.4, -0.2) is 32.0 Å². The van der Waals surface area contributed by atoms with Crippen LogP contribution in [0.3, 0.4) is 0 Å². The number of amides is 1. The van der Waals surface area contributed by atoms with Gasteiger partial charge in [-0.25, -0.2) is 0 Å². The lowest BCUT2D eigenvalue weighted by molar-refractivity contribution is 0.0955. The van der Waals surface area contributed by atoms with E-state index in [4.69, 9.17) is 0 Å². The zero-order valence-corrected chi connectivity index (χ0v) is 15.0. The molecule has 3 N–H and O–H groups in total. The van der Waals surface area contributed by atoms with Crippen molar-refractivity contribution in [2.24, 2.45) is 4.99 Å². The van der Waals surface area contributed by atoms with Crippen LogP contribution < -0.4 is 16.0 Å². The number of guanidine groups is 1. The average Bonchev–Trinajstić information content (AvgIpc) is 3.12. The summed E-state index contributed by atoms with van der Waals surface area (Å²) in [5, 5.41) is 11.5. The summed E-state index contributed by atoms with van der Waals surface area (Å²) < 4.78 is 0. The Hall–Kier alpha value is -2.34. The molecule has 0 aliphatic carbocycles. The lowest BCUT2D eigenvalue weighted by atomic mass is 10.1. The Morgan fingerprint density at radius 3 is 2.75 bits per heavy atom. The third kappa shape index (κ3) is 5.70. The van der Waals surface area contributed by atoms with Crippen molar-refractivity contribution in [3.63, 3.8) is 0 Å². The first-order valence-electron chi connectivity index (χ1n) is 8.07. The second-order valence-corrected chi connectivity index (χ2v) is 6.27. The van der Waals surface area contributed by atoms with Gasteiger partial charge in [-0.1, -0.05) is 18.2 Å². The Morgan fingerprint density at radius 1 is 1.17 bits per heavy atom. The molecule has 0 unspecified atom stereocenters. The Balaban J connectivity index is 1.82. The lowest BCUT2D eigenvalue weighted by Crippen LogP contribution is -2.37. The summed E-state index contributed by atoms with van der Waals surface area (Å²) in [5.41, 5.74) is 1.72. The molecule has 1 aromatic heterocycles. The first-order chi connectivity index (χ1) is 11.7. The van der Waals surface area contributed by atoms with Crippen LogP contribution in [0.15, 0.2) is 46.8 Å². The normalized spacial score (nSPS) is 11.2. The first-order valence-corrected chi connectivity index (χ1v) is 8.95. The molecule has 0 saturated heterocycles. The third-order valence-corrected chi connectivity index (χ3v) is 4.39. The number of carbonyl (C=O) groups is 1. The van der Waals surface area contributed by atoms with Crippen LogP contribution in [0.4, 0.5) is 0 Å². The van der Waals surface area contributed by atoms with E-state index in [9.17, 15) is 4.79 Å². The van der Waals surface area contributed by atoms with Crippen molar-refractivity contribution in [3.05, 3.63) is 57.8 Å². The van der Waals surface area contributed by atoms with Gasteiger partial charge < -0.3 is 16.0 Å². The van der Waals surface area contributed by atoms with Crippen molar-refractivity contribution in [3.8, 4) is 0 Å². The van der Waals surface area contributed by atoms with Gasteiger partial charge in [-0.05, 0) is 42.5 Å². The van der Waals surface area contributed by atoms with Crippen molar-refractivity contribution in [1.82, 2.24) is 16.0 Å². The van der Waals surface area contributed by atoms with E-state index < -0.39 is 0 Å². The van der Waals surface area contributed by atoms with Gasteiger partial charge in [-0.2, -0.15) is 0 Å². The molecule has 1 aromatic carbocycles. The smallest absolute Gasteiger partial charge is 0.251 e. The molecule has 0 radical (unpaired) electrons. The van der Waals surface area contributed by atoms with Crippen LogP contribution in [0.2, 0.25) is 0 Å². The van der Waals surface area contributed by atoms with Crippen molar-refractivity contribution in [2.75, 3.05) is 20.1 Å². The quantitative estimate of drug-likeness (QED) is 0.534. The maximum absolute atomic E-state index is 11.9. The number of nitrogens with zero attached hydrogens (tertiary/aromatic N) is 1. The summed E-state index contributed by atoms with van der Waals surface area (Å²) in [6.45, 7) is 3.99. The second kappa shape index (κ2) is 9.72. The maximum atomic E-state index is 11.9. The number of thiophene rings is 1. The lowest BCUT2D eigenvalue weighted by Gasteiger charge is -2.12. The predicted molar refractivity (Wildman–Crippen MR) is 101 cm³/mol. The molecule has 0 aliphatic heterocycles. The highest BCUT2D eigenvalue weighted by molar-refractivity contribution is 7.09. The highest BCUT2D eigenvalue weighted by atomic mass is 32.1. The fraction of sp³-hybridized carbons (Fsp3) is 0.333. The van der Waals surface area contributed by atoms with Crippen molar-refractivity contribution >= 4 is 23.2 Å². The van der Waals surface area contributed by atoms with Gasteiger partial charge in [0, 0.05) is 37.1 Å². The fourth-order valence-electron chi connectivity index (χ4n) is 2.25. The van der Waals surface area contributed by atoms with Crippen LogP contribution in [0.1, 0.15) is 27.7 Å². The fourth-order valence-corrected chi connectivity index (χ4v) is 2.96. The number of aliphatic imine (C=N–C) groups is 1. The summed E-state index contributed by atoms with van der Waals surface area (Å²) in [6, 6.07) is 11.8. The number of hydrogen-bond acceptors (Lipinski definition) is 3. The van der Waals surface area contributed by atoms with Gasteiger partial charge in [0.05, 0.1) is 0 Å². The van der Waals surface area contributed by atoms with Gasteiger partial charge >= 0.3 is 0 Å². The zero-order valence-electron chi connectivity index (χ0n) is 14.1. The molecule has 0 aliphatic rings. The van der Waals surface area contributed by atoms with E-state index in [0.29, 0.717) is 18.7 Å². The van der Waals surface area contributed by atoms with E-state index in [1.165, 1.54) is 4.88 Å². The third-order valence-electron chi connectivity index (χ3n) is 3.45. The van der Waals surface area contributed by atoms with Gasteiger partial charge in [-0.3, -0.25) is 9.79 Å². The van der Waals surface area contributed by atoms with Gasteiger partial charge in [0.1, 0.15) is 0 Å². The molecule has 24 heavy (non-hydrogen) atoms. The second-order valence-electron chi connectivity index (χ2n) is 5.24. The molecule has 1 amide bonds. The van der Waals surface area contributed by atoms with Crippen molar-refractivity contribution in [1.29, 1.82) is 0 Å². The minimum atomic E-state index is -0.0437.